The van der Waals surface area contributed by atoms with E-state index >= 15 is 0 Å². The Balaban J connectivity index is 1.13. The van der Waals surface area contributed by atoms with Gasteiger partial charge in [-0.25, -0.2) is 9.59 Å². The molecule has 1 fully saturated rings. The molecule has 3 aromatic carbocycles. The van der Waals surface area contributed by atoms with Crippen molar-refractivity contribution in [2.75, 3.05) is 25.6 Å². The van der Waals surface area contributed by atoms with Crippen LogP contribution in [0.2, 0.25) is 0 Å². The van der Waals surface area contributed by atoms with E-state index in [-0.39, 0.29) is 72.1 Å². The Bertz CT molecular complexity index is 2460. The number of rotatable bonds is 18. The summed E-state index contributed by atoms with van der Waals surface area (Å²) in [5.41, 5.74) is 7.77. The fraction of sp³-hybridized carbons (Fsp3) is 0.468. The van der Waals surface area contributed by atoms with E-state index in [0.29, 0.717) is 17.7 Å². The van der Waals surface area contributed by atoms with Gasteiger partial charge in [0.2, 0.25) is 11.7 Å². The van der Waals surface area contributed by atoms with E-state index in [1.807, 2.05) is 0 Å². The van der Waals surface area contributed by atoms with Crippen LogP contribution >= 0.6 is 0 Å². The van der Waals surface area contributed by atoms with Crippen LogP contribution in [0.1, 0.15) is 108 Å². The minimum absolute atomic E-state index is 0.0342. The van der Waals surface area contributed by atoms with Crippen LogP contribution in [0.15, 0.2) is 42.5 Å². The molecule has 8 atom stereocenters. The van der Waals surface area contributed by atoms with Gasteiger partial charge in [-0.3, -0.25) is 24.0 Å². The molecule has 12 N–H and O–H groups in total. The monoisotopic (exact) mass is 947 g/mol. The van der Waals surface area contributed by atoms with Crippen LogP contribution in [0.3, 0.4) is 0 Å². The van der Waals surface area contributed by atoms with Crippen molar-refractivity contribution in [3.05, 3.63) is 81.4 Å². The summed E-state index contributed by atoms with van der Waals surface area (Å²) < 4.78 is 22.9. The van der Waals surface area contributed by atoms with Crippen molar-refractivity contribution >= 4 is 46.9 Å². The van der Waals surface area contributed by atoms with Gasteiger partial charge in [0.25, 0.3) is 0 Å². The van der Waals surface area contributed by atoms with Crippen LogP contribution < -0.4 is 32.2 Å². The van der Waals surface area contributed by atoms with Crippen molar-refractivity contribution in [1.29, 1.82) is 0 Å². The number of aliphatic hydroxyl groups is 3. The fourth-order valence-corrected chi connectivity index (χ4v) is 8.77. The van der Waals surface area contributed by atoms with Gasteiger partial charge in [-0.2, -0.15) is 0 Å². The molecule has 3 aliphatic rings. The second kappa shape index (κ2) is 21.2. The molecule has 2 aliphatic carbocycles. The second-order valence-corrected chi connectivity index (χ2v) is 17.6. The summed E-state index contributed by atoms with van der Waals surface area (Å²) in [5, 5.41) is 63.8. The molecule has 1 saturated heterocycles. The lowest BCUT2D eigenvalue weighted by atomic mass is 9.72. The van der Waals surface area contributed by atoms with Crippen LogP contribution in [-0.4, -0.2) is 123 Å². The number of carbonyl (C=O) groups excluding carboxylic acids is 7. The molecule has 21 heteroatoms. The zero-order valence-corrected chi connectivity index (χ0v) is 37.9. The lowest BCUT2D eigenvalue weighted by molar-refractivity contribution is -0.249. The van der Waals surface area contributed by atoms with Gasteiger partial charge in [-0.1, -0.05) is 38.1 Å². The van der Waals surface area contributed by atoms with Crippen LogP contribution in [-0.2, 0) is 41.6 Å². The molecule has 1 aliphatic heterocycles. The summed E-state index contributed by atoms with van der Waals surface area (Å²) in [6.07, 6.45) is -7.13. The maximum Gasteiger partial charge on any atom is 0.407 e. The van der Waals surface area contributed by atoms with Crippen molar-refractivity contribution in [2.45, 2.75) is 108 Å². The Morgan fingerprint density at radius 2 is 1.68 bits per heavy atom. The average molecular weight is 948 g/mol. The lowest BCUT2D eigenvalue weighted by Crippen LogP contribution is -2.56. The van der Waals surface area contributed by atoms with Crippen molar-refractivity contribution < 1.29 is 78.0 Å². The minimum Gasteiger partial charge on any atom is -0.507 e. The number of benzene rings is 3. The van der Waals surface area contributed by atoms with Crippen LogP contribution in [0.4, 0.5) is 15.3 Å². The predicted octanol–water partition coefficient (Wildman–Crippen LogP) is 1.91. The van der Waals surface area contributed by atoms with Crippen LogP contribution in [0.5, 0.6) is 17.2 Å². The van der Waals surface area contributed by atoms with Crippen molar-refractivity contribution in [3.63, 3.8) is 0 Å². The number of urea groups is 1. The number of ether oxygens (including phenoxy) is 4. The number of carbonyl (C=O) groups is 7. The number of nitrogens with two attached hydrogens (primary N) is 2. The fourth-order valence-electron chi connectivity index (χ4n) is 8.77. The number of hydrogen-bond donors (Lipinski definition) is 10. The smallest absolute Gasteiger partial charge is 0.407 e. The molecule has 6 rings (SSSR count). The largest absolute Gasteiger partial charge is 0.507 e. The van der Waals surface area contributed by atoms with Crippen molar-refractivity contribution in [2.24, 2.45) is 23.3 Å². The number of primary amides is 1. The number of phenols is 2. The number of Topliss-reactive ketones (excluding diaryl/α,β-unsaturated/α-hetero) is 2. The zero-order chi connectivity index (χ0) is 49.8. The average Bonchev–Trinajstić information content (AvgIpc) is 3.30. The highest BCUT2D eigenvalue weighted by molar-refractivity contribution is 6.31. The van der Waals surface area contributed by atoms with Gasteiger partial charge in [0.05, 0.1) is 48.1 Å². The summed E-state index contributed by atoms with van der Waals surface area (Å²) in [6.45, 7) is 3.95. The van der Waals surface area contributed by atoms with E-state index in [2.05, 4.69) is 16.0 Å². The van der Waals surface area contributed by atoms with E-state index in [1.54, 1.807) is 38.1 Å². The maximum absolute atomic E-state index is 14.0. The Morgan fingerprint density at radius 1 is 0.985 bits per heavy atom. The standard InChI is InChI=1S/C47H57N5O16/c1-21(2)38(48)29(54)15-24(7-6-14-50-45(49)62)44(61)51-25-12-10-23(11-13-25)20-66-46(63)52-28-16-33(67-22(3)39(28)56)68-31-18-47(64,32(55)19-53)17-27-35(31)43(60)37-36(41(27)58)40(57)26-8-5-9-30(65-4)34(26)42(37)59/h5,8-13,21-22,24,28,31,33,38-39,53,56,58,60,64H,6-7,14-20,48H2,1-4H3,(H,51,61)(H,52,63)(H3,49,50,62)/t22?,24?,28?,31?,33?,38?,39?,47-/m0/s1. The van der Waals surface area contributed by atoms with Gasteiger partial charge >= 0.3 is 12.1 Å². The van der Waals surface area contributed by atoms with Gasteiger partial charge in [0, 0.05) is 60.5 Å². The normalized spacial score (nSPS) is 22.8. The molecule has 0 spiro atoms. The van der Waals surface area contributed by atoms with E-state index in [4.69, 9.17) is 30.4 Å². The van der Waals surface area contributed by atoms with Gasteiger partial charge in [0.15, 0.2) is 23.6 Å². The number of phenolic OH excluding ortho intramolecular Hbond substituents is 2. The summed E-state index contributed by atoms with van der Waals surface area (Å²) in [7, 11) is 1.29. The summed E-state index contributed by atoms with van der Waals surface area (Å²) in [4.78, 5) is 91.2. The van der Waals surface area contributed by atoms with E-state index in [1.165, 1.54) is 32.2 Å². The SMILES string of the molecule is COc1cccc2c1C(=O)c1c(O)c3c(c(O)c1C2=O)C[C@@](O)(C(=O)CO)CC3OC1CC(NC(=O)OCc2ccc(NC(=O)C(CCCNC(N)=O)CC(=O)C(N)C(C)C)cc2)C(O)C(C)O1. The molecule has 0 bridgehead atoms. The molecule has 3 aromatic rings. The van der Waals surface area contributed by atoms with Crippen molar-refractivity contribution in [1.82, 2.24) is 10.6 Å². The van der Waals surface area contributed by atoms with E-state index < -0.39 is 126 Å². The van der Waals surface area contributed by atoms with E-state index in [9.17, 15) is 59.1 Å². The Labute approximate surface area is 390 Å². The summed E-state index contributed by atoms with van der Waals surface area (Å²) in [5.74, 6) is -5.85. The number of hydrogen-bond acceptors (Lipinski definition) is 17. The number of alkyl carbamates (subject to hydrolysis) is 1. The number of anilines is 1. The lowest BCUT2D eigenvalue weighted by Gasteiger charge is -2.42. The number of fused-ring (bicyclic) bond motifs is 3. The molecule has 7 unspecified atom stereocenters. The predicted molar refractivity (Wildman–Crippen MR) is 239 cm³/mol. The molecular formula is C47H57N5O16. The number of aliphatic hydroxyl groups excluding tert-OH is 2. The number of methoxy groups -OCH3 is 1. The van der Waals surface area contributed by atoms with E-state index in [0.717, 1.165) is 0 Å². The molecule has 21 nitrogen and oxygen atoms in total. The molecule has 0 saturated carbocycles. The first-order chi connectivity index (χ1) is 32.2. The number of ketones is 4. The van der Waals surface area contributed by atoms with Crippen LogP contribution in [0.25, 0.3) is 0 Å². The maximum atomic E-state index is 14.0. The highest BCUT2D eigenvalue weighted by Gasteiger charge is 2.50. The first-order valence-electron chi connectivity index (χ1n) is 22.1. The summed E-state index contributed by atoms with van der Waals surface area (Å²) in [6, 6.07) is 8.05. The third kappa shape index (κ3) is 10.8. The number of nitrogens with one attached hydrogen (secondary N) is 3. The molecule has 4 amide bonds. The third-order valence-corrected chi connectivity index (χ3v) is 12.6. The molecule has 1 heterocycles. The van der Waals surface area contributed by atoms with Gasteiger partial charge in [-0.05, 0) is 49.4 Å². The quantitative estimate of drug-likeness (QED) is 0.0503. The highest BCUT2D eigenvalue weighted by Crippen LogP contribution is 2.52. The molecule has 0 aromatic heterocycles. The molecular weight excluding hydrogens is 891 g/mol. The molecule has 0 radical (unpaired) electrons. The topological polar surface area (TPSA) is 346 Å². The first kappa shape index (κ1) is 50.9. The van der Waals surface area contributed by atoms with Gasteiger partial charge < -0.3 is 71.9 Å². The van der Waals surface area contributed by atoms with Crippen molar-refractivity contribution in [3.8, 4) is 17.2 Å². The Morgan fingerprint density at radius 3 is 2.32 bits per heavy atom. The number of amides is 4. The Kier molecular flexibility index (Phi) is 15.9. The minimum atomic E-state index is -2.39. The van der Waals surface area contributed by atoms with Gasteiger partial charge in [0.1, 0.15) is 42.2 Å². The first-order valence-corrected chi connectivity index (χ1v) is 22.1. The molecule has 366 valence electrons. The summed E-state index contributed by atoms with van der Waals surface area (Å²) >= 11 is 0. The second-order valence-electron chi connectivity index (χ2n) is 17.6. The zero-order valence-electron chi connectivity index (χ0n) is 37.9. The Hall–Kier alpha value is -6.49. The van der Waals surface area contributed by atoms with Gasteiger partial charge in [-0.15, -0.1) is 0 Å². The molecule has 68 heavy (non-hydrogen) atoms. The highest BCUT2D eigenvalue weighted by atomic mass is 16.7. The third-order valence-electron chi connectivity index (χ3n) is 12.6. The number of aromatic hydroxyl groups is 2. The van der Waals surface area contributed by atoms with Crippen LogP contribution in [0, 0.1) is 11.8 Å².